The lowest BCUT2D eigenvalue weighted by Crippen LogP contribution is -2.32. The van der Waals surface area contributed by atoms with Crippen LogP contribution in [0.15, 0.2) is 124 Å². The summed E-state index contributed by atoms with van der Waals surface area (Å²) in [5.74, 6) is -3.94. The van der Waals surface area contributed by atoms with Gasteiger partial charge in [0.2, 0.25) is 12.1 Å². The van der Waals surface area contributed by atoms with Crippen molar-refractivity contribution in [1.29, 1.82) is 0 Å². The first-order chi connectivity index (χ1) is 30.8. The van der Waals surface area contributed by atoms with Gasteiger partial charge < -0.3 is 21.3 Å². The molecule has 0 bridgehead atoms. The predicted octanol–water partition coefficient (Wildman–Crippen LogP) is 12.8. The molecule has 5 aromatic rings. The van der Waals surface area contributed by atoms with E-state index in [-0.39, 0.29) is 54.7 Å². The number of alkyl halides is 3. The van der Waals surface area contributed by atoms with Crippen LogP contribution in [0.5, 0.6) is 0 Å². The van der Waals surface area contributed by atoms with Gasteiger partial charge in [0.1, 0.15) is 11.4 Å². The molecule has 5 atom stereocenters. The fourth-order valence-electron chi connectivity index (χ4n) is 5.90. The van der Waals surface area contributed by atoms with Gasteiger partial charge in [-0.25, -0.2) is 0 Å². The molecule has 0 saturated carbocycles. The highest BCUT2D eigenvalue weighted by atomic mass is 35.5. The molecule has 0 radical (unpaired) electrons. The largest absolute Gasteiger partial charge is 0.324 e. The average molecular weight is 979 g/mol. The topological polar surface area (TPSA) is 200 Å². The molecule has 0 aliphatic heterocycles. The maximum absolute atomic E-state index is 13.5. The molecule has 0 saturated heterocycles. The summed E-state index contributed by atoms with van der Waals surface area (Å²) in [4.78, 5) is 78.3. The van der Waals surface area contributed by atoms with Crippen LogP contribution in [-0.4, -0.2) is 47.3 Å². The third-order valence-corrected chi connectivity index (χ3v) is 10.9. The second kappa shape index (κ2) is 22.7. The molecule has 0 heterocycles. The van der Waals surface area contributed by atoms with Crippen LogP contribution in [0.4, 0.5) is 34.1 Å². The van der Waals surface area contributed by atoms with Gasteiger partial charge in [0.05, 0.1) is 26.2 Å². The van der Waals surface area contributed by atoms with Crippen molar-refractivity contribution in [2.24, 2.45) is 20.5 Å². The molecule has 0 aliphatic carbocycles. The van der Waals surface area contributed by atoms with Crippen LogP contribution in [-0.2, 0) is 19.2 Å². The van der Waals surface area contributed by atoms with Crippen molar-refractivity contribution in [1.82, 2.24) is 0 Å². The van der Waals surface area contributed by atoms with Gasteiger partial charge in [-0.3, -0.25) is 28.8 Å². The van der Waals surface area contributed by atoms with Gasteiger partial charge in [0.15, 0.2) is 11.6 Å². The molecule has 0 aliphatic rings. The maximum Gasteiger partial charge on any atom is 0.258 e. The Balaban J connectivity index is 1.27. The van der Waals surface area contributed by atoms with E-state index in [4.69, 9.17) is 58.0 Å². The third kappa shape index (κ3) is 13.7. The van der Waals surface area contributed by atoms with E-state index in [1.54, 1.807) is 55.5 Å². The summed E-state index contributed by atoms with van der Waals surface area (Å²) >= 11 is 31.4. The van der Waals surface area contributed by atoms with Crippen molar-refractivity contribution in [2.75, 3.05) is 21.3 Å². The smallest absolute Gasteiger partial charge is 0.258 e. The molecule has 336 valence electrons. The zero-order valence-electron chi connectivity index (χ0n) is 35.3. The molecule has 14 nitrogen and oxygen atoms in total. The van der Waals surface area contributed by atoms with Crippen LogP contribution in [0.2, 0.25) is 10.0 Å². The molecule has 0 aromatic heterocycles. The number of nitrogens with one attached hydrogen (secondary N) is 4. The number of azo groups is 2. The summed E-state index contributed by atoms with van der Waals surface area (Å²) in [6.07, 6.45) is 0. The van der Waals surface area contributed by atoms with Crippen LogP contribution in [0.25, 0.3) is 0 Å². The minimum absolute atomic E-state index is 0.0304. The number of nitrogens with zero attached hydrogens (tertiary/aromatic N) is 4. The summed E-state index contributed by atoms with van der Waals surface area (Å²) in [5, 5.41) is 25.9. The molecule has 5 unspecified atom stereocenters. The normalized spacial score (nSPS) is 13.6. The third-order valence-electron chi connectivity index (χ3n) is 9.51. The molecule has 5 rings (SSSR count). The lowest BCUT2D eigenvalue weighted by molar-refractivity contribution is -0.127. The first kappa shape index (κ1) is 50.0. The molecule has 5 aromatic carbocycles. The molecule has 4 N–H and O–H groups in total. The van der Waals surface area contributed by atoms with E-state index in [9.17, 15) is 28.8 Å². The lowest BCUT2D eigenvalue weighted by Gasteiger charge is -2.17. The Morgan fingerprint density at radius 2 is 0.877 bits per heavy atom. The number of rotatable bonds is 17. The van der Waals surface area contributed by atoms with E-state index < -0.39 is 52.7 Å². The summed E-state index contributed by atoms with van der Waals surface area (Å²) in [6.45, 7) is 7.59. The van der Waals surface area contributed by atoms with Crippen molar-refractivity contribution >= 4 is 127 Å². The number of benzene rings is 5. The fourth-order valence-corrected chi connectivity index (χ4v) is 6.68. The Morgan fingerprint density at radius 1 is 0.477 bits per heavy atom. The highest BCUT2D eigenvalue weighted by molar-refractivity contribution is 6.33. The highest BCUT2D eigenvalue weighted by Gasteiger charge is 2.27. The number of halogens is 5. The summed E-state index contributed by atoms with van der Waals surface area (Å²) < 4.78 is 0. The van der Waals surface area contributed by atoms with Crippen LogP contribution in [0.3, 0.4) is 0 Å². The van der Waals surface area contributed by atoms with Gasteiger partial charge in [-0.2, -0.15) is 20.5 Å². The van der Waals surface area contributed by atoms with E-state index in [0.717, 1.165) is 25.0 Å². The summed E-state index contributed by atoms with van der Waals surface area (Å²) in [5.41, 5.74) is 3.96. The Bertz CT molecular complexity index is 2670. The molecule has 19 heteroatoms. The molecule has 0 fully saturated rings. The van der Waals surface area contributed by atoms with Crippen LogP contribution in [0.1, 0.15) is 88.2 Å². The van der Waals surface area contributed by atoms with Crippen LogP contribution >= 0.6 is 58.0 Å². The van der Waals surface area contributed by atoms with Gasteiger partial charge in [-0.1, -0.05) is 47.5 Å². The number of anilines is 4. The first-order valence-corrected chi connectivity index (χ1v) is 21.8. The van der Waals surface area contributed by atoms with Gasteiger partial charge in [0, 0.05) is 33.9 Å². The fraction of sp³-hybridized carbons (Fsp3) is 0.217. The number of ketones is 2. The van der Waals surface area contributed by atoms with Crippen LogP contribution in [0, 0.1) is 0 Å². The van der Waals surface area contributed by atoms with Crippen molar-refractivity contribution in [3.63, 3.8) is 0 Å². The van der Waals surface area contributed by atoms with Crippen molar-refractivity contribution in [3.05, 3.63) is 141 Å². The molecule has 4 amide bonds. The van der Waals surface area contributed by atoms with Crippen molar-refractivity contribution in [2.45, 2.75) is 62.8 Å². The molecule has 0 spiro atoms. The number of Topliss-reactive ketones (excluding diaryl/α,β-unsaturated/α-hetero) is 2. The van der Waals surface area contributed by atoms with E-state index in [0.29, 0.717) is 16.9 Å². The van der Waals surface area contributed by atoms with Crippen LogP contribution < -0.4 is 21.3 Å². The SMILES string of the molecule is CC(=O)C(N=Nc1cc(C(=O)Nc2ccc(C(C)Cl)cc2)ccc1Cl)C(=O)Nc1ccc(NC(=O)C(N=Nc2cc(C(=O)Nc3ccc(C(C)Cl)cc3)ccc2Cl)C(C)=O)c(C(C)Cl)c1. The minimum atomic E-state index is -1.63. The van der Waals surface area contributed by atoms with Gasteiger partial charge >= 0.3 is 0 Å². The van der Waals surface area contributed by atoms with E-state index in [2.05, 4.69) is 41.7 Å². The molecular weight excluding hydrogens is 938 g/mol. The zero-order valence-corrected chi connectivity index (χ0v) is 39.1. The Labute approximate surface area is 399 Å². The van der Waals surface area contributed by atoms with E-state index in [1.807, 2.05) is 13.8 Å². The number of amides is 4. The number of hydrogen-bond acceptors (Lipinski definition) is 10. The van der Waals surface area contributed by atoms with Gasteiger partial charge in [0.25, 0.3) is 23.6 Å². The Kier molecular flexibility index (Phi) is 17.5. The Morgan fingerprint density at radius 3 is 1.26 bits per heavy atom. The summed E-state index contributed by atoms with van der Waals surface area (Å²) in [6, 6.07) is 23.7. The zero-order chi connectivity index (χ0) is 47.5. The molecule has 65 heavy (non-hydrogen) atoms. The quantitative estimate of drug-likeness (QED) is 0.0406. The number of carbonyl (C=O) groups is 6. The van der Waals surface area contributed by atoms with Gasteiger partial charge in [-0.15, -0.1) is 34.8 Å². The Hall–Kier alpha value is -6.03. The standard InChI is InChI=1S/C46H41Cl5N8O6/c1-23(47)28-6-12-32(13-7-28)52-43(62)30-10-17-36(50)39(20-30)56-58-41(26(4)60)45(64)54-34-16-19-38(35(22-34)25(3)49)55-46(65)42(27(5)61)59-57-40-21-31(11-18-37(40)51)44(63)53-33-14-8-29(9-15-33)24(2)48/h6-25,41-42H,1-5H3,(H,52,62)(H,53,63)(H,54,64)(H,55,65). The molecular formula is C46H41Cl5N8O6. The second-order valence-electron chi connectivity index (χ2n) is 14.6. The second-order valence-corrected chi connectivity index (χ2v) is 17.3. The minimum Gasteiger partial charge on any atom is -0.324 e. The van der Waals surface area contributed by atoms with Crippen molar-refractivity contribution < 1.29 is 28.8 Å². The highest BCUT2D eigenvalue weighted by Crippen LogP contribution is 2.33. The van der Waals surface area contributed by atoms with Gasteiger partial charge in [-0.05, 0) is 130 Å². The number of hydrogen-bond donors (Lipinski definition) is 4. The lowest BCUT2D eigenvalue weighted by atomic mass is 10.1. The van der Waals surface area contributed by atoms with Crippen molar-refractivity contribution in [3.8, 4) is 0 Å². The van der Waals surface area contributed by atoms with E-state index >= 15 is 0 Å². The summed E-state index contributed by atoms with van der Waals surface area (Å²) in [7, 11) is 0. The predicted molar refractivity (Wildman–Crippen MR) is 256 cm³/mol. The first-order valence-electron chi connectivity index (χ1n) is 19.7. The monoisotopic (exact) mass is 976 g/mol. The maximum atomic E-state index is 13.5. The van der Waals surface area contributed by atoms with E-state index in [1.165, 1.54) is 54.6 Å². The average Bonchev–Trinajstić information content (AvgIpc) is 3.25. The number of carbonyl (C=O) groups excluding carboxylic acids is 6.